The molecule has 3 rings (SSSR count). The van der Waals surface area contributed by atoms with Gasteiger partial charge in [-0.25, -0.2) is 0 Å². The van der Waals surface area contributed by atoms with Gasteiger partial charge in [-0.15, -0.1) is 0 Å². The maximum Gasteiger partial charge on any atom is 0.224 e. The van der Waals surface area contributed by atoms with Crippen molar-refractivity contribution in [3.8, 4) is 0 Å². The molecule has 5 nitrogen and oxygen atoms in total. The van der Waals surface area contributed by atoms with Crippen LogP contribution in [0.15, 0.2) is 30.3 Å². The van der Waals surface area contributed by atoms with E-state index in [0.29, 0.717) is 0 Å². The maximum absolute atomic E-state index is 12.3. The van der Waals surface area contributed by atoms with E-state index in [1.165, 1.54) is 5.56 Å². The molecule has 0 bridgehead atoms. The first kappa shape index (κ1) is 16.4. The number of nitrogens with one attached hydrogen (secondary N) is 2. The van der Waals surface area contributed by atoms with Gasteiger partial charge in [-0.3, -0.25) is 14.6 Å². The van der Waals surface area contributed by atoms with E-state index in [-0.39, 0.29) is 11.8 Å². The number of hydrogen-bond acceptors (Lipinski definition) is 4. The SMILES string of the molecule is O=C(NCCN1CCNCC1)C1CCN(Cc2ccccc2)C1. The van der Waals surface area contributed by atoms with Crippen molar-refractivity contribution in [2.24, 2.45) is 5.92 Å². The first-order chi connectivity index (χ1) is 11.3. The number of benzene rings is 1. The summed E-state index contributed by atoms with van der Waals surface area (Å²) in [5, 5.41) is 6.48. The first-order valence-corrected chi connectivity index (χ1v) is 8.78. The molecule has 23 heavy (non-hydrogen) atoms. The van der Waals surface area contributed by atoms with Crippen LogP contribution >= 0.6 is 0 Å². The lowest BCUT2D eigenvalue weighted by atomic mass is 10.1. The minimum Gasteiger partial charge on any atom is -0.355 e. The molecule has 2 aliphatic heterocycles. The minimum atomic E-state index is 0.154. The molecule has 1 unspecified atom stereocenters. The van der Waals surface area contributed by atoms with Gasteiger partial charge in [0.05, 0.1) is 5.92 Å². The Labute approximate surface area is 139 Å². The number of amides is 1. The summed E-state index contributed by atoms with van der Waals surface area (Å²) in [7, 11) is 0. The van der Waals surface area contributed by atoms with Crippen molar-refractivity contribution in [1.29, 1.82) is 0 Å². The van der Waals surface area contributed by atoms with Crippen LogP contribution in [-0.4, -0.2) is 68.1 Å². The predicted octanol–water partition coefficient (Wildman–Crippen LogP) is 0.530. The van der Waals surface area contributed by atoms with Gasteiger partial charge in [0, 0.05) is 52.4 Å². The lowest BCUT2D eigenvalue weighted by Crippen LogP contribution is -2.46. The first-order valence-electron chi connectivity index (χ1n) is 8.78. The molecule has 2 fully saturated rings. The van der Waals surface area contributed by atoms with Crippen molar-refractivity contribution < 1.29 is 4.79 Å². The normalized spacial score (nSPS) is 23.0. The topological polar surface area (TPSA) is 47.6 Å². The Balaban J connectivity index is 1.35. The van der Waals surface area contributed by atoms with E-state index in [1.54, 1.807) is 0 Å². The molecule has 0 spiro atoms. The van der Waals surface area contributed by atoms with E-state index < -0.39 is 0 Å². The zero-order valence-corrected chi connectivity index (χ0v) is 13.8. The van der Waals surface area contributed by atoms with E-state index in [1.807, 2.05) is 6.07 Å². The van der Waals surface area contributed by atoms with Crippen molar-refractivity contribution in [1.82, 2.24) is 20.4 Å². The highest BCUT2D eigenvalue weighted by molar-refractivity contribution is 5.79. The number of piperazine rings is 1. The number of rotatable bonds is 6. The van der Waals surface area contributed by atoms with Crippen molar-refractivity contribution in [2.75, 3.05) is 52.4 Å². The third-order valence-electron chi connectivity index (χ3n) is 4.83. The molecular formula is C18H28N4O. The number of carbonyl (C=O) groups is 1. The van der Waals surface area contributed by atoms with Crippen LogP contribution in [0.3, 0.4) is 0 Å². The summed E-state index contributed by atoms with van der Waals surface area (Å²) in [4.78, 5) is 17.1. The Morgan fingerprint density at radius 1 is 1.13 bits per heavy atom. The van der Waals surface area contributed by atoms with Gasteiger partial charge in [-0.1, -0.05) is 30.3 Å². The molecule has 2 N–H and O–H groups in total. The Bertz CT molecular complexity index is 487. The number of carbonyl (C=O) groups excluding carboxylic acids is 1. The molecule has 0 saturated carbocycles. The quantitative estimate of drug-likeness (QED) is 0.804. The second kappa shape index (κ2) is 8.43. The molecule has 2 aliphatic rings. The standard InChI is InChI=1S/C18H28N4O/c23-18(20-9-13-21-11-7-19-8-12-21)17-6-10-22(15-17)14-16-4-2-1-3-5-16/h1-5,17,19H,6-15H2,(H,20,23). The van der Waals surface area contributed by atoms with Crippen LogP contribution in [0.2, 0.25) is 0 Å². The third-order valence-corrected chi connectivity index (χ3v) is 4.83. The van der Waals surface area contributed by atoms with E-state index in [9.17, 15) is 4.79 Å². The zero-order valence-electron chi connectivity index (χ0n) is 13.8. The molecule has 1 aromatic carbocycles. The average molecular weight is 316 g/mol. The highest BCUT2D eigenvalue weighted by atomic mass is 16.1. The average Bonchev–Trinajstić information content (AvgIpc) is 3.05. The van der Waals surface area contributed by atoms with Crippen LogP contribution in [0.4, 0.5) is 0 Å². The Kier molecular flexibility index (Phi) is 6.02. The third kappa shape index (κ3) is 5.03. The molecular weight excluding hydrogens is 288 g/mol. The monoisotopic (exact) mass is 316 g/mol. The molecule has 2 saturated heterocycles. The van der Waals surface area contributed by atoms with Crippen molar-refractivity contribution in [3.63, 3.8) is 0 Å². The van der Waals surface area contributed by atoms with E-state index in [2.05, 4.69) is 44.7 Å². The maximum atomic E-state index is 12.3. The van der Waals surface area contributed by atoms with Crippen LogP contribution in [0, 0.1) is 5.92 Å². The van der Waals surface area contributed by atoms with Crippen molar-refractivity contribution >= 4 is 5.91 Å². The summed E-state index contributed by atoms with van der Waals surface area (Å²) >= 11 is 0. The summed E-state index contributed by atoms with van der Waals surface area (Å²) in [5.74, 6) is 0.387. The summed E-state index contributed by atoms with van der Waals surface area (Å²) < 4.78 is 0. The molecule has 0 aromatic heterocycles. The zero-order chi connectivity index (χ0) is 15.9. The van der Waals surface area contributed by atoms with Gasteiger partial charge in [-0.05, 0) is 18.5 Å². The smallest absolute Gasteiger partial charge is 0.224 e. The van der Waals surface area contributed by atoms with Crippen LogP contribution < -0.4 is 10.6 Å². The summed E-state index contributed by atoms with van der Waals surface area (Å²) in [6.07, 6.45) is 0.978. The number of hydrogen-bond donors (Lipinski definition) is 2. The molecule has 0 aliphatic carbocycles. The molecule has 2 heterocycles. The van der Waals surface area contributed by atoms with Gasteiger partial charge in [-0.2, -0.15) is 0 Å². The van der Waals surface area contributed by atoms with E-state index in [0.717, 1.165) is 65.3 Å². The molecule has 126 valence electrons. The molecule has 5 heteroatoms. The van der Waals surface area contributed by atoms with E-state index >= 15 is 0 Å². The van der Waals surface area contributed by atoms with Crippen LogP contribution in [0.1, 0.15) is 12.0 Å². The van der Waals surface area contributed by atoms with Crippen molar-refractivity contribution in [3.05, 3.63) is 35.9 Å². The Hall–Kier alpha value is -1.43. The predicted molar refractivity (Wildman–Crippen MR) is 92.1 cm³/mol. The van der Waals surface area contributed by atoms with Gasteiger partial charge in [0.15, 0.2) is 0 Å². The number of nitrogens with zero attached hydrogens (tertiary/aromatic N) is 2. The lowest BCUT2D eigenvalue weighted by molar-refractivity contribution is -0.124. The van der Waals surface area contributed by atoms with Gasteiger partial charge >= 0.3 is 0 Å². The highest BCUT2D eigenvalue weighted by Crippen LogP contribution is 2.18. The van der Waals surface area contributed by atoms with Gasteiger partial charge in [0.25, 0.3) is 0 Å². The van der Waals surface area contributed by atoms with Crippen molar-refractivity contribution in [2.45, 2.75) is 13.0 Å². The fourth-order valence-corrected chi connectivity index (χ4v) is 3.45. The van der Waals surface area contributed by atoms with Crippen LogP contribution in [0.25, 0.3) is 0 Å². The molecule has 1 amide bonds. The highest BCUT2D eigenvalue weighted by Gasteiger charge is 2.28. The fraction of sp³-hybridized carbons (Fsp3) is 0.611. The van der Waals surface area contributed by atoms with Gasteiger partial charge in [0.1, 0.15) is 0 Å². The second-order valence-electron chi connectivity index (χ2n) is 6.59. The largest absolute Gasteiger partial charge is 0.355 e. The summed E-state index contributed by atoms with van der Waals surface area (Å²) in [6.45, 7) is 8.89. The Morgan fingerprint density at radius 3 is 2.70 bits per heavy atom. The summed E-state index contributed by atoms with van der Waals surface area (Å²) in [5.41, 5.74) is 1.33. The fourth-order valence-electron chi connectivity index (χ4n) is 3.45. The molecule has 1 atom stereocenters. The lowest BCUT2D eigenvalue weighted by Gasteiger charge is -2.27. The molecule has 0 radical (unpaired) electrons. The second-order valence-corrected chi connectivity index (χ2v) is 6.59. The summed E-state index contributed by atoms with van der Waals surface area (Å²) in [6, 6.07) is 10.5. The number of likely N-dealkylation sites (tertiary alicyclic amines) is 1. The van der Waals surface area contributed by atoms with Gasteiger partial charge < -0.3 is 10.6 Å². The van der Waals surface area contributed by atoms with E-state index in [4.69, 9.17) is 0 Å². The Morgan fingerprint density at radius 2 is 1.91 bits per heavy atom. The molecule has 1 aromatic rings. The van der Waals surface area contributed by atoms with Crippen LogP contribution in [-0.2, 0) is 11.3 Å². The van der Waals surface area contributed by atoms with Gasteiger partial charge in [0.2, 0.25) is 5.91 Å². The van der Waals surface area contributed by atoms with Crippen LogP contribution in [0.5, 0.6) is 0 Å². The minimum absolute atomic E-state index is 0.154.